The summed E-state index contributed by atoms with van der Waals surface area (Å²) < 4.78 is 0. The maximum atomic E-state index is 10.7. The number of aryl methyl sites for hydroxylation is 1. The lowest BCUT2D eigenvalue weighted by Gasteiger charge is -2.01. The van der Waals surface area contributed by atoms with Gasteiger partial charge in [-0.05, 0) is 18.6 Å². The normalized spacial score (nSPS) is 10.1. The average Bonchev–Trinajstić information content (AvgIpc) is 2.15. The number of aliphatic hydroxyl groups is 1. The van der Waals surface area contributed by atoms with E-state index in [1.54, 1.807) is 12.1 Å². The molecule has 0 aliphatic rings. The van der Waals surface area contributed by atoms with Crippen molar-refractivity contribution in [1.82, 2.24) is 0 Å². The van der Waals surface area contributed by atoms with Gasteiger partial charge in [0.05, 0.1) is 16.4 Å². The molecule has 0 spiro atoms. The lowest BCUT2D eigenvalue weighted by molar-refractivity contribution is -0.387. The fraction of sp³-hybridized carbons (Fsp3) is 0.333. The van der Waals surface area contributed by atoms with Crippen molar-refractivity contribution in [2.45, 2.75) is 11.8 Å². The number of thioether (sulfide) groups is 1. The highest BCUT2D eigenvalue weighted by atomic mass is 32.2. The molecule has 0 fully saturated rings. The van der Waals surface area contributed by atoms with Gasteiger partial charge in [0.15, 0.2) is 0 Å². The van der Waals surface area contributed by atoms with Gasteiger partial charge in [0.1, 0.15) is 0 Å². The zero-order valence-electron chi connectivity index (χ0n) is 7.77. The molecule has 0 heterocycles. The number of nitrogens with zero attached hydrogens (tertiary/aromatic N) is 1. The first-order valence-electron chi connectivity index (χ1n) is 4.14. The van der Waals surface area contributed by atoms with Crippen molar-refractivity contribution in [1.29, 1.82) is 0 Å². The van der Waals surface area contributed by atoms with Crippen LogP contribution in [-0.4, -0.2) is 22.4 Å². The van der Waals surface area contributed by atoms with Gasteiger partial charge in [-0.25, -0.2) is 0 Å². The van der Waals surface area contributed by atoms with Crippen molar-refractivity contribution < 1.29 is 10.0 Å². The lowest BCUT2D eigenvalue weighted by atomic mass is 10.2. The van der Waals surface area contributed by atoms with Gasteiger partial charge in [-0.1, -0.05) is 6.07 Å². The lowest BCUT2D eigenvalue weighted by Crippen LogP contribution is -1.93. The molecule has 4 nitrogen and oxygen atoms in total. The minimum Gasteiger partial charge on any atom is -0.396 e. The molecule has 0 aromatic heterocycles. The number of nitro benzene ring substituents is 1. The standard InChI is InChI=1S/C9H11NO3S/c1-7-2-3-9(14-5-4-11)8(6-7)10(12)13/h2-3,6,11H,4-5H2,1H3. The first-order chi connectivity index (χ1) is 6.65. The topological polar surface area (TPSA) is 63.4 Å². The summed E-state index contributed by atoms with van der Waals surface area (Å²) in [4.78, 5) is 10.9. The Balaban J connectivity index is 2.96. The summed E-state index contributed by atoms with van der Waals surface area (Å²) >= 11 is 1.29. The van der Waals surface area contributed by atoms with Crippen LogP contribution in [-0.2, 0) is 0 Å². The molecule has 1 N–H and O–H groups in total. The van der Waals surface area contributed by atoms with Gasteiger partial charge < -0.3 is 5.11 Å². The van der Waals surface area contributed by atoms with Gasteiger partial charge in [0, 0.05) is 11.8 Å². The molecule has 0 saturated carbocycles. The van der Waals surface area contributed by atoms with Crippen LogP contribution in [0.25, 0.3) is 0 Å². The second kappa shape index (κ2) is 4.97. The fourth-order valence-corrected chi connectivity index (χ4v) is 1.80. The average molecular weight is 213 g/mol. The van der Waals surface area contributed by atoms with Gasteiger partial charge in [-0.2, -0.15) is 0 Å². The van der Waals surface area contributed by atoms with Crippen LogP contribution in [0.3, 0.4) is 0 Å². The van der Waals surface area contributed by atoms with E-state index in [9.17, 15) is 10.1 Å². The molecular formula is C9H11NO3S. The number of hydrogen-bond donors (Lipinski definition) is 1. The Morgan fingerprint density at radius 3 is 2.86 bits per heavy atom. The highest BCUT2D eigenvalue weighted by Crippen LogP contribution is 2.29. The van der Waals surface area contributed by atoms with E-state index in [0.717, 1.165) is 5.56 Å². The highest BCUT2D eigenvalue weighted by molar-refractivity contribution is 7.99. The molecule has 5 heteroatoms. The van der Waals surface area contributed by atoms with Crippen LogP contribution in [0.4, 0.5) is 5.69 Å². The number of nitro groups is 1. The molecule has 1 rings (SSSR count). The zero-order chi connectivity index (χ0) is 10.6. The Kier molecular flexibility index (Phi) is 3.91. The third-order valence-electron chi connectivity index (χ3n) is 1.66. The predicted molar refractivity (Wildman–Crippen MR) is 55.6 cm³/mol. The van der Waals surface area contributed by atoms with Crippen LogP contribution >= 0.6 is 11.8 Å². The largest absolute Gasteiger partial charge is 0.396 e. The second-order valence-corrected chi connectivity index (χ2v) is 3.94. The summed E-state index contributed by atoms with van der Waals surface area (Å²) in [6.07, 6.45) is 0. The van der Waals surface area contributed by atoms with Crippen molar-refractivity contribution in [2.75, 3.05) is 12.4 Å². The summed E-state index contributed by atoms with van der Waals surface area (Å²) in [5.74, 6) is 0.476. The van der Waals surface area contributed by atoms with Crippen LogP contribution in [0, 0.1) is 17.0 Å². The van der Waals surface area contributed by atoms with Crippen LogP contribution < -0.4 is 0 Å². The van der Waals surface area contributed by atoms with Crippen molar-refractivity contribution in [3.8, 4) is 0 Å². The molecule has 0 radical (unpaired) electrons. The van der Waals surface area contributed by atoms with Gasteiger partial charge in [0.25, 0.3) is 5.69 Å². The van der Waals surface area contributed by atoms with E-state index in [-0.39, 0.29) is 12.3 Å². The van der Waals surface area contributed by atoms with E-state index in [0.29, 0.717) is 10.6 Å². The summed E-state index contributed by atoms with van der Waals surface area (Å²) in [7, 11) is 0. The number of hydrogen-bond acceptors (Lipinski definition) is 4. The Labute approximate surface area is 86.1 Å². The van der Waals surface area contributed by atoms with E-state index in [2.05, 4.69) is 0 Å². The first kappa shape index (κ1) is 11.0. The van der Waals surface area contributed by atoms with E-state index >= 15 is 0 Å². The van der Waals surface area contributed by atoms with Gasteiger partial charge in [0.2, 0.25) is 0 Å². The van der Waals surface area contributed by atoms with Crippen molar-refractivity contribution in [2.24, 2.45) is 0 Å². The third kappa shape index (κ3) is 2.71. The quantitative estimate of drug-likeness (QED) is 0.472. The maximum absolute atomic E-state index is 10.7. The summed E-state index contributed by atoms with van der Waals surface area (Å²) in [5.41, 5.74) is 0.980. The molecule has 0 unspecified atom stereocenters. The van der Waals surface area contributed by atoms with E-state index in [1.165, 1.54) is 11.8 Å². The molecule has 14 heavy (non-hydrogen) atoms. The number of rotatable bonds is 4. The number of aliphatic hydroxyl groups excluding tert-OH is 1. The van der Waals surface area contributed by atoms with Gasteiger partial charge in [-0.3, -0.25) is 10.1 Å². The SMILES string of the molecule is Cc1ccc(SCCO)c([N+](=O)[O-])c1. The van der Waals surface area contributed by atoms with E-state index in [4.69, 9.17) is 5.11 Å². The van der Waals surface area contributed by atoms with Gasteiger partial charge in [-0.15, -0.1) is 11.8 Å². The van der Waals surface area contributed by atoms with Crippen LogP contribution in [0.1, 0.15) is 5.56 Å². The Morgan fingerprint density at radius 1 is 1.57 bits per heavy atom. The molecule has 0 atom stereocenters. The maximum Gasteiger partial charge on any atom is 0.283 e. The summed E-state index contributed by atoms with van der Waals surface area (Å²) in [6.45, 7) is 1.84. The molecule has 1 aromatic rings. The minimum absolute atomic E-state index is 0.0235. The van der Waals surface area contributed by atoms with E-state index < -0.39 is 4.92 Å². The molecule has 0 saturated heterocycles. The molecule has 0 aliphatic carbocycles. The predicted octanol–water partition coefficient (Wildman–Crippen LogP) is 1.99. The summed E-state index contributed by atoms with van der Waals surface area (Å²) in [5, 5.41) is 19.3. The Bertz CT molecular complexity index is 341. The smallest absolute Gasteiger partial charge is 0.283 e. The van der Waals surface area contributed by atoms with Crippen LogP contribution in [0.15, 0.2) is 23.1 Å². The van der Waals surface area contributed by atoms with Gasteiger partial charge >= 0.3 is 0 Å². The van der Waals surface area contributed by atoms with E-state index in [1.807, 2.05) is 13.0 Å². The Hall–Kier alpha value is -1.07. The van der Waals surface area contributed by atoms with Crippen LogP contribution in [0.5, 0.6) is 0 Å². The molecule has 76 valence electrons. The molecule has 0 amide bonds. The number of benzene rings is 1. The van der Waals surface area contributed by atoms with Crippen molar-refractivity contribution in [3.63, 3.8) is 0 Å². The molecule has 0 aliphatic heterocycles. The molecule has 0 bridgehead atoms. The Morgan fingerprint density at radius 2 is 2.29 bits per heavy atom. The highest BCUT2D eigenvalue weighted by Gasteiger charge is 2.13. The minimum atomic E-state index is -0.396. The summed E-state index contributed by atoms with van der Waals surface area (Å²) in [6, 6.07) is 5.08. The van der Waals surface area contributed by atoms with Crippen molar-refractivity contribution >= 4 is 17.4 Å². The first-order valence-corrected chi connectivity index (χ1v) is 5.12. The molecule has 1 aromatic carbocycles. The van der Waals surface area contributed by atoms with Crippen LogP contribution in [0.2, 0.25) is 0 Å². The fourth-order valence-electron chi connectivity index (χ4n) is 1.05. The zero-order valence-corrected chi connectivity index (χ0v) is 8.58. The van der Waals surface area contributed by atoms with Crippen molar-refractivity contribution in [3.05, 3.63) is 33.9 Å². The third-order valence-corrected chi connectivity index (χ3v) is 2.70. The monoisotopic (exact) mass is 213 g/mol. The second-order valence-electron chi connectivity index (χ2n) is 2.80. The molecular weight excluding hydrogens is 202 g/mol.